The Morgan fingerprint density at radius 3 is 2.78 bits per heavy atom. The summed E-state index contributed by atoms with van der Waals surface area (Å²) in [6, 6.07) is 6.59. The molecule has 0 bridgehead atoms. The van der Waals surface area contributed by atoms with Gasteiger partial charge in [0.2, 0.25) is 0 Å². The summed E-state index contributed by atoms with van der Waals surface area (Å²) in [4.78, 5) is 3.38. The normalized spacial score (nSPS) is 11.1. The predicted molar refractivity (Wildman–Crippen MR) is 78.0 cm³/mol. The van der Waals surface area contributed by atoms with Crippen LogP contribution in [0.15, 0.2) is 34.1 Å². The summed E-state index contributed by atoms with van der Waals surface area (Å²) in [5.41, 5.74) is 7.30. The van der Waals surface area contributed by atoms with E-state index in [1.165, 1.54) is 17.0 Å². The highest BCUT2D eigenvalue weighted by Gasteiger charge is 2.07. The molecular formula is C13H14BrFN2S. The van der Waals surface area contributed by atoms with Gasteiger partial charge in [-0.05, 0) is 52.8 Å². The first-order chi connectivity index (χ1) is 8.54. The zero-order valence-corrected chi connectivity index (χ0v) is 12.4. The number of benzene rings is 1. The highest BCUT2D eigenvalue weighted by Crippen LogP contribution is 2.22. The van der Waals surface area contributed by atoms with Gasteiger partial charge in [-0.25, -0.2) is 4.39 Å². The van der Waals surface area contributed by atoms with Crippen molar-refractivity contribution in [3.63, 3.8) is 0 Å². The average molecular weight is 329 g/mol. The van der Waals surface area contributed by atoms with E-state index in [9.17, 15) is 4.39 Å². The van der Waals surface area contributed by atoms with Gasteiger partial charge in [-0.1, -0.05) is 0 Å². The van der Waals surface area contributed by atoms with Crippen molar-refractivity contribution in [2.75, 3.05) is 12.8 Å². The highest BCUT2D eigenvalue weighted by molar-refractivity contribution is 9.10. The molecule has 0 amide bonds. The maximum absolute atomic E-state index is 13.1. The van der Waals surface area contributed by atoms with Gasteiger partial charge in [0, 0.05) is 33.5 Å². The van der Waals surface area contributed by atoms with Gasteiger partial charge in [0.1, 0.15) is 5.82 Å². The fraction of sp³-hybridized carbons (Fsp3) is 0.231. The zero-order chi connectivity index (χ0) is 13.1. The van der Waals surface area contributed by atoms with Crippen LogP contribution in [0.5, 0.6) is 0 Å². The summed E-state index contributed by atoms with van der Waals surface area (Å²) in [6.45, 7) is 1.46. The molecule has 0 unspecified atom stereocenters. The van der Waals surface area contributed by atoms with E-state index in [2.05, 4.69) is 32.3 Å². The van der Waals surface area contributed by atoms with Gasteiger partial charge in [-0.3, -0.25) is 4.90 Å². The second-order valence-corrected chi connectivity index (χ2v) is 6.16. The number of thiophene rings is 1. The summed E-state index contributed by atoms with van der Waals surface area (Å²) in [7, 11) is 2.00. The van der Waals surface area contributed by atoms with Crippen molar-refractivity contribution >= 4 is 33.0 Å². The van der Waals surface area contributed by atoms with Gasteiger partial charge in [0.05, 0.1) is 0 Å². The SMILES string of the molecule is CN(Cc1cc(Br)cs1)Cc1cc(F)ccc1N. The van der Waals surface area contributed by atoms with Crippen LogP contribution >= 0.6 is 27.3 Å². The molecule has 0 aliphatic heterocycles. The summed E-state index contributed by atoms with van der Waals surface area (Å²) in [5.74, 6) is -0.244. The van der Waals surface area contributed by atoms with Crippen LogP contribution < -0.4 is 5.73 Å². The minimum Gasteiger partial charge on any atom is -0.398 e. The van der Waals surface area contributed by atoms with Crippen molar-refractivity contribution in [1.29, 1.82) is 0 Å². The van der Waals surface area contributed by atoms with E-state index in [1.807, 2.05) is 7.05 Å². The number of rotatable bonds is 4. The number of halogens is 2. The van der Waals surface area contributed by atoms with Gasteiger partial charge in [0.25, 0.3) is 0 Å². The lowest BCUT2D eigenvalue weighted by Gasteiger charge is -2.17. The summed E-state index contributed by atoms with van der Waals surface area (Å²) >= 11 is 5.13. The topological polar surface area (TPSA) is 29.3 Å². The minimum atomic E-state index is -0.244. The third kappa shape index (κ3) is 3.54. The third-order valence-electron chi connectivity index (χ3n) is 2.59. The number of hydrogen-bond acceptors (Lipinski definition) is 3. The molecule has 1 aromatic carbocycles. The number of hydrogen-bond donors (Lipinski definition) is 1. The van der Waals surface area contributed by atoms with E-state index in [1.54, 1.807) is 17.4 Å². The third-order valence-corrected chi connectivity index (χ3v) is 4.28. The smallest absolute Gasteiger partial charge is 0.123 e. The number of anilines is 1. The van der Waals surface area contributed by atoms with Gasteiger partial charge in [-0.2, -0.15) is 0 Å². The molecular weight excluding hydrogens is 315 g/mol. The maximum Gasteiger partial charge on any atom is 0.123 e. The average Bonchev–Trinajstić information content (AvgIpc) is 2.69. The van der Waals surface area contributed by atoms with Crippen molar-refractivity contribution in [3.05, 3.63) is 50.4 Å². The maximum atomic E-state index is 13.1. The van der Waals surface area contributed by atoms with Gasteiger partial charge < -0.3 is 5.73 Å². The second kappa shape index (κ2) is 5.82. The Morgan fingerprint density at radius 2 is 2.11 bits per heavy atom. The molecule has 2 nitrogen and oxygen atoms in total. The van der Waals surface area contributed by atoms with Gasteiger partial charge >= 0.3 is 0 Å². The largest absolute Gasteiger partial charge is 0.398 e. The quantitative estimate of drug-likeness (QED) is 0.863. The standard InChI is InChI=1S/C13H14BrFN2S/c1-17(7-12-5-10(14)8-18-12)6-9-4-11(15)2-3-13(9)16/h2-5,8H,6-7,16H2,1H3. The van der Waals surface area contributed by atoms with Crippen LogP contribution in [0.4, 0.5) is 10.1 Å². The first-order valence-corrected chi connectivity index (χ1v) is 7.17. The molecule has 0 fully saturated rings. The van der Waals surface area contributed by atoms with Crippen LogP contribution in [0.1, 0.15) is 10.4 Å². The van der Waals surface area contributed by atoms with Crippen LogP contribution in [0.3, 0.4) is 0 Å². The molecule has 0 aliphatic rings. The molecule has 96 valence electrons. The van der Waals surface area contributed by atoms with E-state index in [4.69, 9.17) is 5.73 Å². The van der Waals surface area contributed by atoms with Crippen molar-refractivity contribution in [3.8, 4) is 0 Å². The molecule has 1 heterocycles. The Bertz CT molecular complexity index is 542. The zero-order valence-electron chi connectivity index (χ0n) is 9.99. The molecule has 0 atom stereocenters. The van der Waals surface area contributed by atoms with Crippen molar-refractivity contribution in [2.24, 2.45) is 0 Å². The highest BCUT2D eigenvalue weighted by atomic mass is 79.9. The minimum absolute atomic E-state index is 0.244. The molecule has 0 saturated carbocycles. The van der Waals surface area contributed by atoms with E-state index in [-0.39, 0.29) is 5.82 Å². The molecule has 1 aromatic heterocycles. The van der Waals surface area contributed by atoms with Crippen molar-refractivity contribution in [2.45, 2.75) is 13.1 Å². The molecule has 2 aromatic rings. The number of nitrogens with two attached hydrogens (primary N) is 1. The van der Waals surface area contributed by atoms with Crippen LogP contribution in [0.25, 0.3) is 0 Å². The van der Waals surface area contributed by atoms with E-state index < -0.39 is 0 Å². The first-order valence-electron chi connectivity index (χ1n) is 5.50. The number of nitrogen functional groups attached to an aromatic ring is 1. The van der Waals surface area contributed by atoms with Crippen molar-refractivity contribution < 1.29 is 4.39 Å². The summed E-state index contributed by atoms with van der Waals surface area (Å²) in [5, 5.41) is 2.06. The molecule has 5 heteroatoms. The molecule has 0 radical (unpaired) electrons. The lowest BCUT2D eigenvalue weighted by atomic mass is 10.1. The Morgan fingerprint density at radius 1 is 1.33 bits per heavy atom. The molecule has 0 spiro atoms. The van der Waals surface area contributed by atoms with Gasteiger partial charge in [0.15, 0.2) is 0 Å². The molecule has 2 N–H and O–H groups in total. The number of nitrogens with zero attached hydrogens (tertiary/aromatic N) is 1. The lowest BCUT2D eigenvalue weighted by molar-refractivity contribution is 0.322. The molecule has 2 rings (SSSR count). The van der Waals surface area contributed by atoms with E-state index in [0.717, 1.165) is 16.6 Å². The Hall–Kier alpha value is -0.910. The monoisotopic (exact) mass is 328 g/mol. The Labute approximate surface area is 118 Å². The lowest BCUT2D eigenvalue weighted by Crippen LogP contribution is -2.17. The summed E-state index contributed by atoms with van der Waals surface area (Å²) in [6.07, 6.45) is 0. The molecule has 0 aliphatic carbocycles. The van der Waals surface area contributed by atoms with E-state index >= 15 is 0 Å². The predicted octanol–water partition coefficient (Wildman–Crippen LogP) is 3.86. The van der Waals surface area contributed by atoms with Crippen LogP contribution in [0.2, 0.25) is 0 Å². The fourth-order valence-corrected chi connectivity index (χ4v) is 3.29. The van der Waals surface area contributed by atoms with Crippen LogP contribution in [0, 0.1) is 5.82 Å². The van der Waals surface area contributed by atoms with Crippen molar-refractivity contribution in [1.82, 2.24) is 4.90 Å². The molecule has 18 heavy (non-hydrogen) atoms. The first kappa shape index (κ1) is 13.5. The van der Waals surface area contributed by atoms with Crippen LogP contribution in [-0.4, -0.2) is 11.9 Å². The fourth-order valence-electron chi connectivity index (χ4n) is 1.76. The summed E-state index contributed by atoms with van der Waals surface area (Å²) < 4.78 is 14.2. The van der Waals surface area contributed by atoms with Crippen LogP contribution in [-0.2, 0) is 13.1 Å². The Kier molecular flexibility index (Phi) is 4.37. The van der Waals surface area contributed by atoms with E-state index in [0.29, 0.717) is 12.2 Å². The Balaban J connectivity index is 2.02. The second-order valence-electron chi connectivity index (χ2n) is 4.25. The van der Waals surface area contributed by atoms with Gasteiger partial charge in [-0.15, -0.1) is 11.3 Å². The molecule has 0 saturated heterocycles.